The highest BCUT2D eigenvalue weighted by Gasteiger charge is 2.23. The van der Waals surface area contributed by atoms with E-state index < -0.39 is 0 Å². The van der Waals surface area contributed by atoms with Crippen LogP contribution in [0.2, 0.25) is 0 Å². The SMILES string of the molecule is CCCc1cc(C)[nH]c(=O)c1CNC(=O)c1cc(C2C=NN(C)C2)cc2c1c(C)cn2C(C)C. The van der Waals surface area contributed by atoms with Crippen LogP contribution in [0.5, 0.6) is 0 Å². The summed E-state index contributed by atoms with van der Waals surface area (Å²) in [6.07, 6.45) is 5.81. The average Bonchev–Trinajstić information content (AvgIpc) is 3.36. The summed E-state index contributed by atoms with van der Waals surface area (Å²) >= 11 is 0. The van der Waals surface area contributed by atoms with Gasteiger partial charge in [0.05, 0.1) is 0 Å². The molecule has 34 heavy (non-hydrogen) atoms. The number of hydrazone groups is 1. The highest BCUT2D eigenvalue weighted by molar-refractivity contribution is 6.08. The van der Waals surface area contributed by atoms with Crippen LogP contribution in [-0.4, -0.2) is 40.3 Å². The fourth-order valence-corrected chi connectivity index (χ4v) is 4.93. The van der Waals surface area contributed by atoms with E-state index in [2.05, 4.69) is 53.0 Å². The second-order valence-electron chi connectivity index (χ2n) is 9.70. The summed E-state index contributed by atoms with van der Waals surface area (Å²) in [5, 5.41) is 10.3. The molecular formula is C27H35N5O2. The smallest absolute Gasteiger partial charge is 0.253 e. The summed E-state index contributed by atoms with van der Waals surface area (Å²) in [6.45, 7) is 11.3. The van der Waals surface area contributed by atoms with E-state index >= 15 is 0 Å². The Morgan fingerprint density at radius 1 is 1.26 bits per heavy atom. The highest BCUT2D eigenvalue weighted by atomic mass is 16.1. The average molecular weight is 462 g/mol. The number of pyridine rings is 1. The van der Waals surface area contributed by atoms with Gasteiger partial charge in [-0.1, -0.05) is 13.3 Å². The van der Waals surface area contributed by atoms with Gasteiger partial charge in [0.15, 0.2) is 0 Å². The van der Waals surface area contributed by atoms with Crippen molar-refractivity contribution in [2.24, 2.45) is 5.10 Å². The van der Waals surface area contributed by atoms with Crippen LogP contribution < -0.4 is 10.9 Å². The Hall–Kier alpha value is -3.35. The topological polar surface area (TPSA) is 82.5 Å². The molecule has 0 saturated heterocycles. The number of carbonyl (C=O) groups excluding carboxylic acids is 1. The maximum Gasteiger partial charge on any atom is 0.253 e. The normalized spacial score (nSPS) is 15.6. The van der Waals surface area contributed by atoms with Crippen molar-refractivity contribution in [1.82, 2.24) is 19.9 Å². The zero-order chi connectivity index (χ0) is 24.6. The van der Waals surface area contributed by atoms with Crippen LogP contribution in [0, 0.1) is 13.8 Å². The van der Waals surface area contributed by atoms with Gasteiger partial charge in [-0.25, -0.2) is 0 Å². The number of aryl methyl sites for hydroxylation is 3. The number of amides is 1. The van der Waals surface area contributed by atoms with Crippen LogP contribution >= 0.6 is 0 Å². The number of nitrogens with one attached hydrogen (secondary N) is 2. The number of nitrogens with zero attached hydrogens (tertiary/aromatic N) is 3. The lowest BCUT2D eigenvalue weighted by atomic mass is 9.95. The Kier molecular flexibility index (Phi) is 6.64. The molecule has 0 saturated carbocycles. The number of rotatable bonds is 7. The summed E-state index contributed by atoms with van der Waals surface area (Å²) in [5.41, 5.74) is 6.18. The van der Waals surface area contributed by atoms with Gasteiger partial charge in [-0.3, -0.25) is 14.6 Å². The third kappa shape index (κ3) is 4.52. The van der Waals surface area contributed by atoms with E-state index in [1.807, 2.05) is 44.3 Å². The molecule has 0 radical (unpaired) electrons. The van der Waals surface area contributed by atoms with Crippen molar-refractivity contribution in [3.63, 3.8) is 0 Å². The first kappa shape index (κ1) is 23.8. The summed E-state index contributed by atoms with van der Waals surface area (Å²) in [4.78, 5) is 29.1. The molecule has 1 aliphatic rings. The third-order valence-corrected chi connectivity index (χ3v) is 6.59. The first-order chi connectivity index (χ1) is 16.2. The van der Waals surface area contributed by atoms with Crippen molar-refractivity contribution in [2.75, 3.05) is 13.6 Å². The van der Waals surface area contributed by atoms with Crippen molar-refractivity contribution in [2.45, 2.75) is 66.0 Å². The number of fused-ring (bicyclic) bond motifs is 1. The second-order valence-corrected chi connectivity index (χ2v) is 9.70. The minimum Gasteiger partial charge on any atom is -0.348 e. The van der Waals surface area contributed by atoms with Gasteiger partial charge in [-0.2, -0.15) is 5.10 Å². The van der Waals surface area contributed by atoms with Gasteiger partial charge in [0, 0.05) is 72.2 Å². The van der Waals surface area contributed by atoms with Gasteiger partial charge in [-0.05, 0) is 69.0 Å². The fourth-order valence-electron chi connectivity index (χ4n) is 4.93. The monoisotopic (exact) mass is 461 g/mol. The lowest BCUT2D eigenvalue weighted by Gasteiger charge is -2.16. The number of hydrogen-bond acceptors (Lipinski definition) is 4. The Bertz CT molecular complexity index is 1310. The van der Waals surface area contributed by atoms with E-state index in [0.717, 1.165) is 52.7 Å². The Labute approximate surface area is 200 Å². The molecule has 7 heteroatoms. The van der Waals surface area contributed by atoms with E-state index in [1.54, 1.807) is 0 Å². The standard InChI is InChI=1S/C27H35N5O2/c1-7-8-19-9-18(5)30-27(34)23(19)13-28-26(33)22-10-20(21-12-29-31(6)15-21)11-24-25(22)17(4)14-32(24)16(2)3/h9-12,14,16,21H,7-8,13,15H2,1-6H3,(H,28,33)(H,30,34). The van der Waals surface area contributed by atoms with E-state index in [0.29, 0.717) is 11.1 Å². The molecule has 1 aromatic carbocycles. The zero-order valence-electron chi connectivity index (χ0n) is 21.0. The number of H-pyrrole nitrogens is 1. The minimum absolute atomic E-state index is 0.130. The van der Waals surface area contributed by atoms with Gasteiger partial charge in [0.1, 0.15) is 0 Å². The third-order valence-electron chi connectivity index (χ3n) is 6.59. The van der Waals surface area contributed by atoms with Crippen LogP contribution in [0.1, 0.15) is 77.5 Å². The van der Waals surface area contributed by atoms with Gasteiger partial charge in [-0.15, -0.1) is 0 Å². The molecule has 1 aliphatic heterocycles. The molecule has 0 spiro atoms. The summed E-state index contributed by atoms with van der Waals surface area (Å²) in [7, 11) is 1.95. The van der Waals surface area contributed by atoms with Gasteiger partial charge >= 0.3 is 0 Å². The maximum absolute atomic E-state index is 13.6. The molecule has 2 aromatic heterocycles. The van der Waals surface area contributed by atoms with Crippen LogP contribution in [0.15, 0.2) is 34.3 Å². The quantitative estimate of drug-likeness (QED) is 0.546. The first-order valence-electron chi connectivity index (χ1n) is 12.1. The predicted octanol–water partition coefficient (Wildman–Crippen LogP) is 4.42. The molecule has 3 aromatic rings. The van der Waals surface area contributed by atoms with Crippen molar-refractivity contribution in [3.05, 3.63) is 68.3 Å². The number of likely N-dealkylation sites (N-methyl/N-ethyl adjacent to an activating group) is 1. The molecule has 1 amide bonds. The van der Waals surface area contributed by atoms with Crippen molar-refractivity contribution in [3.8, 4) is 0 Å². The number of benzene rings is 1. The Morgan fingerprint density at radius 3 is 2.68 bits per heavy atom. The largest absolute Gasteiger partial charge is 0.348 e. The molecule has 7 nitrogen and oxygen atoms in total. The summed E-state index contributed by atoms with van der Waals surface area (Å²) in [5.74, 6) is -0.0324. The van der Waals surface area contributed by atoms with Crippen molar-refractivity contribution < 1.29 is 4.79 Å². The predicted molar refractivity (Wildman–Crippen MR) is 138 cm³/mol. The summed E-state index contributed by atoms with van der Waals surface area (Å²) in [6, 6.07) is 6.47. The molecule has 180 valence electrons. The molecule has 0 fully saturated rings. The lowest BCUT2D eigenvalue weighted by Crippen LogP contribution is -2.28. The molecule has 2 N–H and O–H groups in total. The molecule has 1 unspecified atom stereocenters. The maximum atomic E-state index is 13.6. The lowest BCUT2D eigenvalue weighted by molar-refractivity contribution is 0.0952. The van der Waals surface area contributed by atoms with Crippen LogP contribution in [0.25, 0.3) is 10.9 Å². The number of hydrogen-bond donors (Lipinski definition) is 2. The van der Waals surface area contributed by atoms with Crippen LogP contribution in [0.4, 0.5) is 0 Å². The van der Waals surface area contributed by atoms with E-state index in [1.165, 1.54) is 0 Å². The minimum atomic E-state index is -0.165. The Morgan fingerprint density at radius 2 is 2.03 bits per heavy atom. The van der Waals surface area contributed by atoms with Crippen LogP contribution in [-0.2, 0) is 13.0 Å². The zero-order valence-corrected chi connectivity index (χ0v) is 21.0. The molecular weight excluding hydrogens is 426 g/mol. The molecule has 4 rings (SSSR count). The van der Waals surface area contributed by atoms with Gasteiger partial charge in [0.2, 0.25) is 0 Å². The summed E-state index contributed by atoms with van der Waals surface area (Å²) < 4.78 is 2.23. The number of carbonyl (C=O) groups is 1. The van der Waals surface area contributed by atoms with E-state index in [4.69, 9.17) is 0 Å². The molecule has 3 heterocycles. The van der Waals surface area contributed by atoms with Crippen molar-refractivity contribution >= 4 is 23.0 Å². The van der Waals surface area contributed by atoms with Gasteiger partial charge in [0.25, 0.3) is 11.5 Å². The molecule has 0 bridgehead atoms. The molecule has 1 atom stereocenters. The highest BCUT2D eigenvalue weighted by Crippen LogP contribution is 2.32. The van der Waals surface area contributed by atoms with E-state index in [9.17, 15) is 9.59 Å². The van der Waals surface area contributed by atoms with Crippen molar-refractivity contribution in [1.29, 1.82) is 0 Å². The van der Waals surface area contributed by atoms with E-state index in [-0.39, 0.29) is 30.0 Å². The second kappa shape index (κ2) is 9.49. The fraction of sp³-hybridized carbons (Fsp3) is 0.444. The Balaban J connectivity index is 1.74. The number of aromatic amines is 1. The van der Waals surface area contributed by atoms with Gasteiger partial charge < -0.3 is 14.9 Å². The number of aromatic nitrogens is 2. The first-order valence-corrected chi connectivity index (χ1v) is 12.1. The van der Waals surface area contributed by atoms with Crippen LogP contribution in [0.3, 0.4) is 0 Å². The molecule has 0 aliphatic carbocycles.